The van der Waals surface area contributed by atoms with Gasteiger partial charge in [-0.1, -0.05) is 31.0 Å². The van der Waals surface area contributed by atoms with Crippen molar-refractivity contribution >= 4 is 34.7 Å². The number of aromatic nitrogens is 3. The van der Waals surface area contributed by atoms with E-state index in [0.29, 0.717) is 29.4 Å². The van der Waals surface area contributed by atoms with Crippen LogP contribution in [0.5, 0.6) is 0 Å². The molecular formula is C27H28ClN4O4+. The standard InChI is InChI=1S/C27H27ClN4O4/c1-3-7-21-22(26(34)32(29-21)19-10-4-9-18(28)14-19)23-24(30-12-5-8-17(2)15-30)27(35)31(25(23)33)16-20-11-6-13-36-20/h4-5,8-10,12,14-15,20H,3,6-7,11,13,16H2,1-2H3/p+1. The van der Waals surface area contributed by atoms with Crippen LogP contribution >= 0.6 is 11.6 Å². The van der Waals surface area contributed by atoms with Gasteiger partial charge in [0.25, 0.3) is 17.2 Å². The summed E-state index contributed by atoms with van der Waals surface area (Å²) in [6, 6.07) is 10.6. The maximum absolute atomic E-state index is 13.9. The number of nitrogens with zero attached hydrogens (tertiary/aromatic N) is 3. The van der Waals surface area contributed by atoms with E-state index in [1.165, 1.54) is 9.58 Å². The minimum Gasteiger partial charge on any atom is -0.376 e. The second kappa shape index (κ2) is 9.87. The fraction of sp³-hybridized carbons (Fsp3) is 0.333. The number of hydrogen-bond acceptors (Lipinski definition) is 4. The van der Waals surface area contributed by atoms with Gasteiger partial charge in [0, 0.05) is 29.0 Å². The number of rotatable bonds is 7. The van der Waals surface area contributed by atoms with E-state index < -0.39 is 17.4 Å². The fourth-order valence-corrected chi connectivity index (χ4v) is 5.07. The number of nitrogens with one attached hydrogen (secondary N) is 1. The number of carbonyl (C=O) groups is 2. The van der Waals surface area contributed by atoms with Crippen molar-refractivity contribution < 1.29 is 18.9 Å². The van der Waals surface area contributed by atoms with E-state index >= 15 is 0 Å². The third-order valence-corrected chi connectivity index (χ3v) is 6.78. The summed E-state index contributed by atoms with van der Waals surface area (Å²) >= 11 is 6.18. The molecule has 2 amide bonds. The number of H-pyrrole nitrogens is 1. The molecule has 1 aromatic carbocycles. The number of benzene rings is 1. The smallest absolute Gasteiger partial charge is 0.327 e. The van der Waals surface area contributed by atoms with Gasteiger partial charge in [0.1, 0.15) is 5.57 Å². The number of halogens is 1. The second-order valence-electron chi connectivity index (χ2n) is 9.20. The first-order valence-electron chi connectivity index (χ1n) is 12.2. The molecule has 2 aliphatic heterocycles. The van der Waals surface area contributed by atoms with Crippen LogP contribution in [0, 0.1) is 6.92 Å². The highest BCUT2D eigenvalue weighted by Gasteiger charge is 2.48. The highest BCUT2D eigenvalue weighted by atomic mass is 35.5. The van der Waals surface area contributed by atoms with E-state index in [0.717, 1.165) is 24.8 Å². The Hall–Kier alpha value is -3.49. The Morgan fingerprint density at radius 2 is 2.00 bits per heavy atom. The zero-order valence-electron chi connectivity index (χ0n) is 20.3. The first-order valence-corrected chi connectivity index (χ1v) is 12.6. The summed E-state index contributed by atoms with van der Waals surface area (Å²) in [5.41, 5.74) is 2.17. The van der Waals surface area contributed by atoms with Crippen molar-refractivity contribution in [1.29, 1.82) is 0 Å². The van der Waals surface area contributed by atoms with Crippen LogP contribution in [0.15, 0.2) is 53.6 Å². The molecule has 1 atom stereocenters. The third-order valence-electron chi connectivity index (χ3n) is 6.54. The summed E-state index contributed by atoms with van der Waals surface area (Å²) in [5.74, 6) is -0.912. The normalized spacial score (nSPS) is 18.1. The highest BCUT2D eigenvalue weighted by molar-refractivity contribution is 6.44. The van der Waals surface area contributed by atoms with Gasteiger partial charge in [0.2, 0.25) is 0 Å². The van der Waals surface area contributed by atoms with E-state index in [1.54, 1.807) is 41.2 Å². The molecule has 1 unspecified atom stereocenters. The zero-order valence-corrected chi connectivity index (χ0v) is 21.0. The maximum Gasteiger partial charge on any atom is 0.327 e. The summed E-state index contributed by atoms with van der Waals surface area (Å²) in [6.45, 7) is 4.68. The molecule has 2 aromatic heterocycles. The fourth-order valence-electron chi connectivity index (χ4n) is 4.89. The zero-order chi connectivity index (χ0) is 25.4. The van der Waals surface area contributed by atoms with Crippen molar-refractivity contribution in [3.8, 4) is 5.69 Å². The number of hydrogen-bond donors (Lipinski definition) is 1. The Morgan fingerprint density at radius 3 is 2.69 bits per heavy atom. The van der Waals surface area contributed by atoms with Gasteiger partial charge in [-0.25, -0.2) is 4.68 Å². The van der Waals surface area contributed by atoms with Crippen LogP contribution < -0.4 is 10.1 Å². The monoisotopic (exact) mass is 507 g/mol. The molecule has 0 saturated carbocycles. The van der Waals surface area contributed by atoms with Gasteiger partial charge < -0.3 is 4.74 Å². The molecular weight excluding hydrogens is 480 g/mol. The average molecular weight is 508 g/mol. The quantitative estimate of drug-likeness (QED) is 0.392. The number of pyridine rings is 1. The number of carbonyl (C=O) groups excluding carboxylic acids is 2. The van der Waals surface area contributed by atoms with E-state index in [9.17, 15) is 14.4 Å². The molecule has 36 heavy (non-hydrogen) atoms. The third kappa shape index (κ3) is 4.31. The molecule has 0 spiro atoms. The Kier molecular flexibility index (Phi) is 6.64. The van der Waals surface area contributed by atoms with E-state index in [-0.39, 0.29) is 29.5 Å². The van der Waals surface area contributed by atoms with Crippen molar-refractivity contribution in [1.82, 2.24) is 14.7 Å². The lowest BCUT2D eigenvalue weighted by molar-refractivity contribution is -0.577. The Labute approximate surface area is 213 Å². The SMILES string of the molecule is CCCc1[nH]n(-c2cccc(Cl)c2)c(=O)c1C1=C([n+]2cccc(C)c2)C(=O)N(CC2CCCO2)C1=O. The van der Waals surface area contributed by atoms with Gasteiger partial charge in [-0.05, 0) is 50.5 Å². The molecule has 8 nitrogen and oxygen atoms in total. The van der Waals surface area contributed by atoms with Crippen molar-refractivity contribution in [3.63, 3.8) is 0 Å². The minimum absolute atomic E-state index is 0.110. The highest BCUT2D eigenvalue weighted by Crippen LogP contribution is 2.31. The molecule has 0 bridgehead atoms. The van der Waals surface area contributed by atoms with Gasteiger partial charge in [-0.2, -0.15) is 4.57 Å². The lowest BCUT2D eigenvalue weighted by atomic mass is 10.0. The van der Waals surface area contributed by atoms with Crippen molar-refractivity contribution in [2.45, 2.75) is 45.6 Å². The predicted molar refractivity (Wildman–Crippen MR) is 136 cm³/mol. The first-order chi connectivity index (χ1) is 17.4. The Bertz CT molecular complexity index is 1430. The summed E-state index contributed by atoms with van der Waals surface area (Å²) in [6.07, 6.45) is 6.26. The van der Waals surface area contributed by atoms with Gasteiger partial charge in [-0.15, -0.1) is 0 Å². The van der Waals surface area contributed by atoms with Crippen LogP contribution in [0.4, 0.5) is 0 Å². The van der Waals surface area contributed by atoms with E-state index in [2.05, 4.69) is 5.10 Å². The van der Waals surface area contributed by atoms with E-state index in [4.69, 9.17) is 16.3 Å². The topological polar surface area (TPSA) is 88.3 Å². The van der Waals surface area contributed by atoms with E-state index in [1.807, 2.05) is 26.0 Å². The number of ether oxygens (including phenoxy) is 1. The van der Waals surface area contributed by atoms with Crippen LogP contribution in [0.3, 0.4) is 0 Å². The van der Waals surface area contributed by atoms with Gasteiger partial charge in [0.15, 0.2) is 12.4 Å². The molecule has 4 heterocycles. The maximum atomic E-state index is 13.9. The molecule has 1 saturated heterocycles. The molecule has 1 N–H and O–H groups in total. The second-order valence-corrected chi connectivity index (χ2v) is 9.64. The van der Waals surface area contributed by atoms with Crippen molar-refractivity contribution in [3.05, 3.63) is 81.0 Å². The molecule has 3 aromatic rings. The van der Waals surface area contributed by atoms with Crippen LogP contribution in [-0.2, 0) is 20.7 Å². The Balaban J connectivity index is 1.72. The summed E-state index contributed by atoms with van der Waals surface area (Å²) in [4.78, 5) is 42.7. The average Bonchev–Trinajstić information content (AvgIpc) is 3.54. The van der Waals surface area contributed by atoms with Crippen molar-refractivity contribution in [2.24, 2.45) is 0 Å². The first kappa shape index (κ1) is 24.2. The molecule has 186 valence electrons. The lowest BCUT2D eigenvalue weighted by Crippen LogP contribution is -2.42. The minimum atomic E-state index is -0.480. The molecule has 2 aliphatic rings. The predicted octanol–water partition coefficient (Wildman–Crippen LogP) is 3.28. The summed E-state index contributed by atoms with van der Waals surface area (Å²) < 4.78 is 8.75. The lowest BCUT2D eigenvalue weighted by Gasteiger charge is -2.18. The van der Waals surface area contributed by atoms with Crippen LogP contribution in [-0.4, -0.2) is 45.8 Å². The molecule has 1 fully saturated rings. The van der Waals surface area contributed by atoms with Crippen LogP contribution in [0.2, 0.25) is 5.02 Å². The molecule has 9 heteroatoms. The summed E-state index contributed by atoms with van der Waals surface area (Å²) in [7, 11) is 0. The summed E-state index contributed by atoms with van der Waals surface area (Å²) in [5, 5.41) is 3.66. The molecule has 0 radical (unpaired) electrons. The van der Waals surface area contributed by atoms with Gasteiger partial charge in [0.05, 0.1) is 23.9 Å². The largest absolute Gasteiger partial charge is 0.376 e. The van der Waals surface area contributed by atoms with Gasteiger partial charge in [-0.3, -0.25) is 24.4 Å². The number of amides is 2. The molecule has 0 aliphatic carbocycles. The van der Waals surface area contributed by atoms with Crippen LogP contribution in [0.25, 0.3) is 17.0 Å². The Morgan fingerprint density at radius 1 is 1.17 bits per heavy atom. The number of aryl methyl sites for hydroxylation is 2. The van der Waals surface area contributed by atoms with Crippen LogP contribution in [0.1, 0.15) is 43.0 Å². The number of imide groups is 1. The van der Waals surface area contributed by atoms with Crippen molar-refractivity contribution in [2.75, 3.05) is 13.2 Å². The van der Waals surface area contributed by atoms with Gasteiger partial charge >= 0.3 is 5.91 Å². The molecule has 5 rings (SSSR count). The number of aromatic amines is 1.